The summed E-state index contributed by atoms with van der Waals surface area (Å²) in [4.78, 5) is 10.2. The molecule has 1 radical (unpaired) electrons. The number of amides is 1. The van der Waals surface area contributed by atoms with E-state index in [1.165, 1.54) is 6.92 Å². The number of hydrogen-bond acceptors (Lipinski definition) is 3. The van der Waals surface area contributed by atoms with E-state index in [1.807, 2.05) is 0 Å². The SMILES string of the molecule is [CH2]C(O)C(O)CNC(C)=O. The van der Waals surface area contributed by atoms with Crippen molar-refractivity contribution in [1.29, 1.82) is 0 Å². The van der Waals surface area contributed by atoms with Crippen LogP contribution in [0.3, 0.4) is 0 Å². The molecule has 0 aromatic carbocycles. The number of nitrogens with one attached hydrogen (secondary N) is 1. The Kier molecular flexibility index (Phi) is 3.99. The van der Waals surface area contributed by atoms with E-state index in [4.69, 9.17) is 10.2 Å². The molecule has 2 unspecified atom stereocenters. The first-order valence-electron chi connectivity index (χ1n) is 2.97. The topological polar surface area (TPSA) is 69.6 Å². The Morgan fingerprint density at radius 2 is 2.20 bits per heavy atom. The zero-order valence-corrected chi connectivity index (χ0v) is 5.87. The molecule has 0 spiro atoms. The van der Waals surface area contributed by atoms with Gasteiger partial charge in [0, 0.05) is 13.5 Å². The molecule has 0 bridgehead atoms. The standard InChI is InChI=1S/C6H12NO3/c1-4(8)6(10)3-7-5(2)9/h4,6,8,10H,1,3H2,2H3,(H,7,9). The van der Waals surface area contributed by atoms with Gasteiger partial charge in [-0.3, -0.25) is 4.79 Å². The van der Waals surface area contributed by atoms with E-state index >= 15 is 0 Å². The van der Waals surface area contributed by atoms with Gasteiger partial charge in [-0.15, -0.1) is 0 Å². The summed E-state index contributed by atoms with van der Waals surface area (Å²) in [5.41, 5.74) is 0. The monoisotopic (exact) mass is 146 g/mol. The van der Waals surface area contributed by atoms with Crippen molar-refractivity contribution in [3.8, 4) is 0 Å². The smallest absolute Gasteiger partial charge is 0.216 e. The Labute approximate surface area is 59.9 Å². The molecule has 0 fully saturated rings. The van der Waals surface area contributed by atoms with Gasteiger partial charge in [-0.2, -0.15) is 0 Å². The van der Waals surface area contributed by atoms with Gasteiger partial charge in [0.1, 0.15) is 0 Å². The Hall–Kier alpha value is -0.610. The molecule has 3 N–H and O–H groups in total. The number of hydrogen-bond donors (Lipinski definition) is 3. The van der Waals surface area contributed by atoms with Crippen LogP contribution in [-0.2, 0) is 4.79 Å². The molecule has 0 aliphatic heterocycles. The summed E-state index contributed by atoms with van der Waals surface area (Å²) in [6.07, 6.45) is -2.03. The Morgan fingerprint density at radius 1 is 1.70 bits per heavy atom. The summed E-state index contributed by atoms with van der Waals surface area (Å²) in [7, 11) is 0. The van der Waals surface area contributed by atoms with Crippen LogP contribution >= 0.6 is 0 Å². The number of aliphatic hydroxyl groups is 2. The summed E-state index contributed by atoms with van der Waals surface area (Å²) in [5.74, 6) is -0.236. The van der Waals surface area contributed by atoms with Crippen molar-refractivity contribution >= 4 is 5.91 Å². The van der Waals surface area contributed by atoms with Crippen molar-refractivity contribution in [3.05, 3.63) is 6.92 Å². The summed E-state index contributed by atoms with van der Waals surface area (Å²) >= 11 is 0. The molecule has 0 saturated carbocycles. The predicted molar refractivity (Wildman–Crippen MR) is 36.1 cm³/mol. The molecule has 10 heavy (non-hydrogen) atoms. The van der Waals surface area contributed by atoms with Crippen LogP contribution in [0.2, 0.25) is 0 Å². The number of carbonyl (C=O) groups excluding carboxylic acids is 1. The van der Waals surface area contributed by atoms with Crippen molar-refractivity contribution < 1.29 is 15.0 Å². The minimum Gasteiger partial charge on any atom is -0.390 e. The predicted octanol–water partition coefficient (Wildman–Crippen LogP) is -1.32. The molecule has 59 valence electrons. The highest BCUT2D eigenvalue weighted by molar-refractivity contribution is 5.72. The molecule has 0 rings (SSSR count). The fourth-order valence-electron chi connectivity index (χ4n) is 0.384. The van der Waals surface area contributed by atoms with Crippen LogP contribution in [-0.4, -0.2) is 34.9 Å². The van der Waals surface area contributed by atoms with Gasteiger partial charge in [0.2, 0.25) is 5.91 Å². The van der Waals surface area contributed by atoms with E-state index in [0.717, 1.165) is 0 Å². The van der Waals surface area contributed by atoms with Crippen LogP contribution in [0.5, 0.6) is 0 Å². The molecule has 0 heterocycles. The quantitative estimate of drug-likeness (QED) is 0.462. The summed E-state index contributed by atoms with van der Waals surface area (Å²) in [6, 6.07) is 0. The minimum absolute atomic E-state index is 0.0417. The van der Waals surface area contributed by atoms with Crippen LogP contribution in [0.1, 0.15) is 6.92 Å². The molecule has 0 aliphatic carbocycles. The van der Waals surface area contributed by atoms with Crippen LogP contribution in [0.15, 0.2) is 0 Å². The molecule has 1 amide bonds. The molecular weight excluding hydrogens is 134 g/mol. The van der Waals surface area contributed by atoms with Gasteiger partial charge >= 0.3 is 0 Å². The molecule has 2 atom stereocenters. The van der Waals surface area contributed by atoms with Gasteiger partial charge in [-0.1, -0.05) is 0 Å². The molecule has 0 aliphatic rings. The summed E-state index contributed by atoms with van der Waals surface area (Å²) in [5, 5.41) is 19.8. The zero-order chi connectivity index (χ0) is 8.15. The van der Waals surface area contributed by atoms with Gasteiger partial charge in [-0.05, 0) is 6.92 Å². The third kappa shape index (κ3) is 4.29. The Bertz CT molecular complexity index is 114. The second kappa shape index (κ2) is 4.24. The highest BCUT2D eigenvalue weighted by atomic mass is 16.3. The first-order chi connectivity index (χ1) is 4.54. The lowest BCUT2D eigenvalue weighted by atomic mass is 10.2. The van der Waals surface area contributed by atoms with Crippen molar-refractivity contribution in [1.82, 2.24) is 5.32 Å². The summed E-state index contributed by atoms with van der Waals surface area (Å²) < 4.78 is 0. The van der Waals surface area contributed by atoms with Crippen molar-refractivity contribution in [2.75, 3.05) is 6.54 Å². The average Bonchev–Trinajstić information content (AvgIpc) is 1.82. The fraction of sp³-hybridized carbons (Fsp3) is 0.667. The molecule has 4 nitrogen and oxygen atoms in total. The van der Waals surface area contributed by atoms with Crippen molar-refractivity contribution in [2.45, 2.75) is 19.1 Å². The number of carbonyl (C=O) groups is 1. The second-order valence-corrected chi connectivity index (χ2v) is 2.07. The third-order valence-corrected chi connectivity index (χ3v) is 1.00. The van der Waals surface area contributed by atoms with Gasteiger partial charge in [0.15, 0.2) is 0 Å². The highest BCUT2D eigenvalue weighted by Gasteiger charge is 2.09. The van der Waals surface area contributed by atoms with Crippen molar-refractivity contribution in [2.24, 2.45) is 0 Å². The van der Waals surface area contributed by atoms with E-state index < -0.39 is 12.2 Å². The number of rotatable bonds is 3. The first-order valence-corrected chi connectivity index (χ1v) is 2.97. The number of aliphatic hydroxyl groups excluding tert-OH is 2. The normalized spacial score (nSPS) is 16.0. The maximum Gasteiger partial charge on any atom is 0.216 e. The van der Waals surface area contributed by atoms with Crippen LogP contribution in [0, 0.1) is 6.92 Å². The maximum absolute atomic E-state index is 10.2. The largest absolute Gasteiger partial charge is 0.390 e. The van der Waals surface area contributed by atoms with Gasteiger partial charge in [-0.25, -0.2) is 0 Å². The van der Waals surface area contributed by atoms with E-state index in [0.29, 0.717) is 0 Å². The van der Waals surface area contributed by atoms with E-state index in [1.54, 1.807) is 0 Å². The molecule has 4 heteroatoms. The Morgan fingerprint density at radius 3 is 2.50 bits per heavy atom. The first kappa shape index (κ1) is 9.39. The van der Waals surface area contributed by atoms with Crippen molar-refractivity contribution in [3.63, 3.8) is 0 Å². The molecule has 0 saturated heterocycles. The summed E-state index contributed by atoms with van der Waals surface area (Å²) in [6.45, 7) is 4.55. The second-order valence-electron chi connectivity index (χ2n) is 2.07. The Balaban J connectivity index is 3.39. The zero-order valence-electron chi connectivity index (χ0n) is 5.87. The van der Waals surface area contributed by atoms with E-state index in [-0.39, 0.29) is 12.5 Å². The van der Waals surface area contributed by atoms with Gasteiger partial charge in [0.25, 0.3) is 0 Å². The van der Waals surface area contributed by atoms with Crippen LogP contribution in [0.25, 0.3) is 0 Å². The van der Waals surface area contributed by atoms with Gasteiger partial charge in [0.05, 0.1) is 12.2 Å². The van der Waals surface area contributed by atoms with E-state index in [9.17, 15) is 4.79 Å². The lowest BCUT2D eigenvalue weighted by Gasteiger charge is -2.12. The minimum atomic E-state index is -1.05. The molecule has 0 aromatic rings. The third-order valence-electron chi connectivity index (χ3n) is 1.00. The van der Waals surface area contributed by atoms with Gasteiger partial charge < -0.3 is 15.5 Å². The molecule has 0 aromatic heterocycles. The lowest BCUT2D eigenvalue weighted by molar-refractivity contribution is -0.119. The van der Waals surface area contributed by atoms with E-state index in [2.05, 4.69) is 12.2 Å². The molecular formula is C6H12NO3. The lowest BCUT2D eigenvalue weighted by Crippen LogP contribution is -2.36. The van der Waals surface area contributed by atoms with Crippen LogP contribution in [0.4, 0.5) is 0 Å². The fourth-order valence-corrected chi connectivity index (χ4v) is 0.384. The van der Waals surface area contributed by atoms with Crippen LogP contribution < -0.4 is 5.32 Å². The average molecular weight is 146 g/mol. The highest BCUT2D eigenvalue weighted by Crippen LogP contribution is 1.87. The maximum atomic E-state index is 10.2.